The van der Waals surface area contributed by atoms with Crippen molar-refractivity contribution in [3.63, 3.8) is 0 Å². The predicted molar refractivity (Wildman–Crippen MR) is 71.1 cm³/mol. The van der Waals surface area contributed by atoms with E-state index in [4.69, 9.17) is 0 Å². The summed E-state index contributed by atoms with van der Waals surface area (Å²) in [5.41, 5.74) is 0. The second-order valence-corrected chi connectivity index (χ2v) is 4.34. The van der Waals surface area contributed by atoms with Gasteiger partial charge in [-0.3, -0.25) is 0 Å². The van der Waals surface area contributed by atoms with Crippen molar-refractivity contribution < 1.29 is 0 Å². The minimum atomic E-state index is 0.741. The monoisotopic (exact) mass is 221 g/mol. The molecule has 0 unspecified atom stereocenters. The Bertz CT molecular complexity index is 306. The van der Waals surface area contributed by atoms with Gasteiger partial charge in [0, 0.05) is 20.6 Å². The van der Waals surface area contributed by atoms with Gasteiger partial charge in [0.05, 0.1) is 0 Å². The average Bonchev–Trinajstić information content (AvgIpc) is 2.31. The minimum absolute atomic E-state index is 0.741. The Balaban J connectivity index is 2.56. The molecule has 1 heterocycles. The molecule has 0 atom stereocenters. The Morgan fingerprint density at radius 3 is 2.50 bits per heavy atom. The molecule has 0 aliphatic heterocycles. The second-order valence-electron chi connectivity index (χ2n) is 4.34. The van der Waals surface area contributed by atoms with Gasteiger partial charge in [-0.05, 0) is 18.1 Å². The number of nitrogens with zero attached hydrogens (tertiary/aromatic N) is 2. The first-order valence-corrected chi connectivity index (χ1v) is 6.05. The van der Waals surface area contributed by atoms with Crippen LogP contribution in [-0.2, 0) is 0 Å². The third-order valence-corrected chi connectivity index (χ3v) is 2.92. The molecule has 0 amide bonds. The summed E-state index contributed by atoms with van der Waals surface area (Å²) < 4.78 is 0. The van der Waals surface area contributed by atoms with E-state index in [2.05, 4.69) is 24.1 Å². The molecule has 0 radical (unpaired) electrons. The fraction of sp³-hybridized carbons (Fsp3) is 0.615. The SMILES string of the molecule is CCC(CC)CNc1cccc(N(C)C)n1. The van der Waals surface area contributed by atoms with Gasteiger partial charge in [-0.1, -0.05) is 32.8 Å². The molecule has 16 heavy (non-hydrogen) atoms. The van der Waals surface area contributed by atoms with Crippen LogP contribution in [0.15, 0.2) is 18.2 Å². The van der Waals surface area contributed by atoms with E-state index in [9.17, 15) is 0 Å². The lowest BCUT2D eigenvalue weighted by molar-refractivity contribution is 0.518. The van der Waals surface area contributed by atoms with Crippen LogP contribution in [0.2, 0.25) is 0 Å². The van der Waals surface area contributed by atoms with Gasteiger partial charge in [0.1, 0.15) is 11.6 Å². The number of aromatic nitrogens is 1. The lowest BCUT2D eigenvalue weighted by Gasteiger charge is -2.16. The van der Waals surface area contributed by atoms with Crippen LogP contribution in [0.3, 0.4) is 0 Å². The first-order chi connectivity index (χ1) is 7.67. The Morgan fingerprint density at radius 2 is 1.94 bits per heavy atom. The van der Waals surface area contributed by atoms with Crippen molar-refractivity contribution in [1.29, 1.82) is 0 Å². The molecule has 0 fully saturated rings. The van der Waals surface area contributed by atoms with Crippen LogP contribution in [0, 0.1) is 5.92 Å². The van der Waals surface area contributed by atoms with E-state index in [-0.39, 0.29) is 0 Å². The second kappa shape index (κ2) is 6.36. The highest BCUT2D eigenvalue weighted by Crippen LogP contribution is 2.13. The van der Waals surface area contributed by atoms with Crippen LogP contribution in [0.5, 0.6) is 0 Å². The summed E-state index contributed by atoms with van der Waals surface area (Å²) in [6.45, 7) is 5.48. The van der Waals surface area contributed by atoms with E-state index in [1.807, 2.05) is 37.2 Å². The first kappa shape index (κ1) is 12.8. The van der Waals surface area contributed by atoms with E-state index in [0.717, 1.165) is 24.1 Å². The molecular formula is C13H23N3. The molecule has 0 saturated heterocycles. The van der Waals surface area contributed by atoms with Crippen LogP contribution in [0.1, 0.15) is 26.7 Å². The van der Waals surface area contributed by atoms with Crippen LogP contribution in [-0.4, -0.2) is 25.6 Å². The van der Waals surface area contributed by atoms with Crippen molar-refractivity contribution in [3.8, 4) is 0 Å². The molecule has 3 heteroatoms. The van der Waals surface area contributed by atoms with Gasteiger partial charge in [-0.2, -0.15) is 0 Å². The van der Waals surface area contributed by atoms with Gasteiger partial charge >= 0.3 is 0 Å². The molecule has 1 rings (SSSR count). The maximum atomic E-state index is 4.53. The van der Waals surface area contributed by atoms with Crippen molar-refractivity contribution in [1.82, 2.24) is 4.98 Å². The number of anilines is 2. The molecular weight excluding hydrogens is 198 g/mol. The largest absolute Gasteiger partial charge is 0.370 e. The molecule has 1 aromatic rings. The molecule has 1 N–H and O–H groups in total. The summed E-state index contributed by atoms with van der Waals surface area (Å²) >= 11 is 0. The van der Waals surface area contributed by atoms with Crippen molar-refractivity contribution in [2.24, 2.45) is 5.92 Å². The highest BCUT2D eigenvalue weighted by Gasteiger charge is 2.04. The fourth-order valence-corrected chi connectivity index (χ4v) is 1.60. The molecule has 3 nitrogen and oxygen atoms in total. The van der Waals surface area contributed by atoms with Gasteiger partial charge in [0.15, 0.2) is 0 Å². The Labute approximate surface area is 98.9 Å². The third-order valence-electron chi connectivity index (χ3n) is 2.92. The van der Waals surface area contributed by atoms with E-state index in [0.29, 0.717) is 0 Å². The third kappa shape index (κ3) is 3.72. The predicted octanol–water partition coefficient (Wildman–Crippen LogP) is 3.00. The molecule has 90 valence electrons. The topological polar surface area (TPSA) is 28.2 Å². The van der Waals surface area contributed by atoms with Gasteiger partial charge in [-0.25, -0.2) is 4.98 Å². The molecule has 0 aliphatic rings. The van der Waals surface area contributed by atoms with Gasteiger partial charge < -0.3 is 10.2 Å². The van der Waals surface area contributed by atoms with E-state index < -0.39 is 0 Å². The van der Waals surface area contributed by atoms with E-state index in [1.165, 1.54) is 12.8 Å². The summed E-state index contributed by atoms with van der Waals surface area (Å²) in [6.07, 6.45) is 2.44. The molecule has 0 saturated carbocycles. The van der Waals surface area contributed by atoms with Crippen molar-refractivity contribution >= 4 is 11.6 Å². The number of nitrogens with one attached hydrogen (secondary N) is 1. The Hall–Kier alpha value is -1.25. The van der Waals surface area contributed by atoms with Gasteiger partial charge in [-0.15, -0.1) is 0 Å². The summed E-state index contributed by atoms with van der Waals surface area (Å²) in [5.74, 6) is 2.71. The number of hydrogen-bond acceptors (Lipinski definition) is 3. The number of pyridine rings is 1. The summed E-state index contributed by atoms with van der Waals surface area (Å²) in [5, 5.41) is 3.40. The van der Waals surface area contributed by atoms with Crippen molar-refractivity contribution in [2.45, 2.75) is 26.7 Å². The molecule has 0 bridgehead atoms. The van der Waals surface area contributed by atoms with Crippen LogP contribution >= 0.6 is 0 Å². The van der Waals surface area contributed by atoms with Crippen LogP contribution < -0.4 is 10.2 Å². The van der Waals surface area contributed by atoms with Gasteiger partial charge in [0.2, 0.25) is 0 Å². The number of hydrogen-bond donors (Lipinski definition) is 1. The Morgan fingerprint density at radius 1 is 1.25 bits per heavy atom. The van der Waals surface area contributed by atoms with E-state index in [1.54, 1.807) is 0 Å². The number of rotatable bonds is 6. The average molecular weight is 221 g/mol. The smallest absolute Gasteiger partial charge is 0.130 e. The summed E-state index contributed by atoms with van der Waals surface area (Å²) in [6, 6.07) is 6.08. The maximum absolute atomic E-state index is 4.53. The molecule has 0 aliphatic carbocycles. The summed E-state index contributed by atoms with van der Waals surface area (Å²) in [7, 11) is 4.01. The normalized spacial score (nSPS) is 10.6. The van der Waals surface area contributed by atoms with Gasteiger partial charge in [0.25, 0.3) is 0 Å². The summed E-state index contributed by atoms with van der Waals surface area (Å²) in [4.78, 5) is 6.54. The quantitative estimate of drug-likeness (QED) is 0.800. The highest BCUT2D eigenvalue weighted by molar-refractivity contribution is 5.45. The Kier molecular flexibility index (Phi) is 5.09. The first-order valence-electron chi connectivity index (χ1n) is 6.05. The molecule has 1 aromatic heterocycles. The zero-order valence-corrected chi connectivity index (χ0v) is 10.8. The van der Waals surface area contributed by atoms with E-state index >= 15 is 0 Å². The van der Waals surface area contributed by atoms with Crippen LogP contribution in [0.25, 0.3) is 0 Å². The standard InChI is InChI=1S/C13H23N3/c1-5-11(6-2)10-14-12-8-7-9-13(15-12)16(3)4/h7-9,11H,5-6,10H2,1-4H3,(H,14,15). The zero-order valence-electron chi connectivity index (χ0n) is 10.8. The lowest BCUT2D eigenvalue weighted by atomic mass is 10.0. The molecule has 0 spiro atoms. The maximum Gasteiger partial charge on any atom is 0.130 e. The zero-order chi connectivity index (χ0) is 12.0. The molecule has 0 aromatic carbocycles. The minimum Gasteiger partial charge on any atom is -0.370 e. The van der Waals surface area contributed by atoms with Crippen LogP contribution in [0.4, 0.5) is 11.6 Å². The fourth-order valence-electron chi connectivity index (χ4n) is 1.60. The van der Waals surface area contributed by atoms with Crippen molar-refractivity contribution in [3.05, 3.63) is 18.2 Å². The van der Waals surface area contributed by atoms with Crippen molar-refractivity contribution in [2.75, 3.05) is 30.9 Å². The highest BCUT2D eigenvalue weighted by atomic mass is 15.2. The lowest BCUT2D eigenvalue weighted by Crippen LogP contribution is -2.15.